The third kappa shape index (κ3) is 3.95. The van der Waals surface area contributed by atoms with Crippen molar-refractivity contribution >= 4 is 5.91 Å². The molecule has 0 aliphatic carbocycles. The monoisotopic (exact) mass is 388 g/mol. The third-order valence-corrected chi connectivity index (χ3v) is 4.16. The number of hydrogen-bond acceptors (Lipinski definition) is 5. The Morgan fingerprint density at radius 2 is 1.79 bits per heavy atom. The van der Waals surface area contributed by atoms with E-state index in [0.717, 1.165) is 12.1 Å². The van der Waals surface area contributed by atoms with Gasteiger partial charge in [-0.1, -0.05) is 11.2 Å². The number of rotatable bonds is 6. The number of carbonyl (C=O) groups excluding carboxylic acids is 1. The van der Waals surface area contributed by atoms with Crippen LogP contribution >= 0.6 is 0 Å². The smallest absolute Gasteiger partial charge is 0.257 e. The van der Waals surface area contributed by atoms with Gasteiger partial charge in [-0.3, -0.25) is 4.79 Å². The fourth-order valence-corrected chi connectivity index (χ4v) is 2.70. The van der Waals surface area contributed by atoms with Crippen LogP contribution in [0, 0.1) is 18.6 Å². The molecule has 1 N–H and O–H groups in total. The fourth-order valence-electron chi connectivity index (χ4n) is 2.70. The van der Waals surface area contributed by atoms with Gasteiger partial charge in [0.05, 0.1) is 19.9 Å². The standard InChI is InChI=1S/C20H18F2N2O4/c1-11-18(20(25)23-10-12-4-5-14(21)8-17(12)22)19(28-24-11)13-6-15(26-2)9-16(7-13)27-3/h4-9H,10H2,1-3H3,(H,23,25). The van der Waals surface area contributed by atoms with E-state index < -0.39 is 17.5 Å². The van der Waals surface area contributed by atoms with Gasteiger partial charge in [-0.15, -0.1) is 0 Å². The van der Waals surface area contributed by atoms with Gasteiger partial charge in [-0.2, -0.15) is 0 Å². The summed E-state index contributed by atoms with van der Waals surface area (Å²) in [7, 11) is 3.02. The molecule has 0 saturated heterocycles. The normalized spacial score (nSPS) is 10.6. The average Bonchev–Trinajstić information content (AvgIpc) is 3.08. The number of benzene rings is 2. The maximum atomic E-state index is 13.8. The molecular weight excluding hydrogens is 370 g/mol. The van der Waals surface area contributed by atoms with Gasteiger partial charge >= 0.3 is 0 Å². The van der Waals surface area contributed by atoms with Gasteiger partial charge in [0.15, 0.2) is 5.76 Å². The highest BCUT2D eigenvalue weighted by Gasteiger charge is 2.23. The molecule has 28 heavy (non-hydrogen) atoms. The Hall–Kier alpha value is -3.42. The Kier molecular flexibility index (Phi) is 5.58. The van der Waals surface area contributed by atoms with E-state index in [9.17, 15) is 13.6 Å². The number of halogens is 2. The lowest BCUT2D eigenvalue weighted by molar-refractivity contribution is 0.0950. The topological polar surface area (TPSA) is 73.6 Å². The highest BCUT2D eigenvalue weighted by molar-refractivity contribution is 6.00. The first-order valence-corrected chi connectivity index (χ1v) is 8.34. The number of aromatic nitrogens is 1. The molecule has 0 saturated carbocycles. The number of nitrogens with one attached hydrogen (secondary N) is 1. The highest BCUT2D eigenvalue weighted by atomic mass is 19.1. The van der Waals surface area contributed by atoms with Crippen LogP contribution < -0.4 is 14.8 Å². The van der Waals surface area contributed by atoms with Crippen LogP contribution in [0.1, 0.15) is 21.6 Å². The number of nitrogens with zero attached hydrogens (tertiary/aromatic N) is 1. The van der Waals surface area contributed by atoms with E-state index in [-0.39, 0.29) is 23.4 Å². The molecule has 3 rings (SSSR count). The lowest BCUT2D eigenvalue weighted by Crippen LogP contribution is -2.24. The summed E-state index contributed by atoms with van der Waals surface area (Å²) in [6.45, 7) is 1.51. The zero-order valence-electron chi connectivity index (χ0n) is 15.5. The van der Waals surface area contributed by atoms with Crippen molar-refractivity contribution in [3.8, 4) is 22.8 Å². The van der Waals surface area contributed by atoms with Crippen molar-refractivity contribution in [1.29, 1.82) is 0 Å². The maximum absolute atomic E-state index is 13.8. The van der Waals surface area contributed by atoms with Crippen LogP contribution in [0.15, 0.2) is 40.9 Å². The molecule has 0 bridgehead atoms. The first-order valence-electron chi connectivity index (χ1n) is 8.34. The summed E-state index contributed by atoms with van der Waals surface area (Å²) in [5.74, 6) is -0.658. The summed E-state index contributed by atoms with van der Waals surface area (Å²) in [6.07, 6.45) is 0. The first kappa shape index (κ1) is 19.3. The second-order valence-electron chi connectivity index (χ2n) is 5.99. The van der Waals surface area contributed by atoms with E-state index in [1.807, 2.05) is 0 Å². The Bertz CT molecular complexity index is 995. The summed E-state index contributed by atoms with van der Waals surface area (Å²) in [5.41, 5.74) is 1.27. The highest BCUT2D eigenvalue weighted by Crippen LogP contribution is 2.33. The Morgan fingerprint density at radius 3 is 2.39 bits per heavy atom. The number of aryl methyl sites for hydroxylation is 1. The van der Waals surface area contributed by atoms with E-state index in [4.69, 9.17) is 14.0 Å². The molecule has 8 heteroatoms. The predicted molar refractivity (Wildman–Crippen MR) is 97.3 cm³/mol. The van der Waals surface area contributed by atoms with Gasteiger partial charge in [-0.25, -0.2) is 8.78 Å². The summed E-state index contributed by atoms with van der Waals surface area (Å²) in [6, 6.07) is 8.21. The average molecular weight is 388 g/mol. The second kappa shape index (κ2) is 8.08. The third-order valence-electron chi connectivity index (χ3n) is 4.16. The SMILES string of the molecule is COc1cc(OC)cc(-c2onc(C)c2C(=O)NCc2ccc(F)cc2F)c1. The summed E-state index contributed by atoms with van der Waals surface area (Å²) in [4.78, 5) is 12.7. The lowest BCUT2D eigenvalue weighted by atomic mass is 10.1. The Morgan fingerprint density at radius 1 is 1.11 bits per heavy atom. The number of ether oxygens (including phenoxy) is 2. The molecule has 0 fully saturated rings. The minimum absolute atomic E-state index is 0.115. The minimum Gasteiger partial charge on any atom is -0.497 e. The second-order valence-corrected chi connectivity index (χ2v) is 5.99. The van der Waals surface area contributed by atoms with Crippen molar-refractivity contribution in [3.63, 3.8) is 0 Å². The van der Waals surface area contributed by atoms with Gasteiger partial charge in [0.2, 0.25) is 0 Å². The number of hydrogen-bond donors (Lipinski definition) is 1. The van der Waals surface area contributed by atoms with Crippen molar-refractivity contribution < 1.29 is 27.6 Å². The molecule has 0 unspecified atom stereocenters. The largest absolute Gasteiger partial charge is 0.497 e. The van der Waals surface area contributed by atoms with Crippen LogP contribution in [-0.4, -0.2) is 25.3 Å². The van der Waals surface area contributed by atoms with Gasteiger partial charge < -0.3 is 19.3 Å². The van der Waals surface area contributed by atoms with E-state index >= 15 is 0 Å². The van der Waals surface area contributed by atoms with Crippen molar-refractivity contribution in [2.24, 2.45) is 0 Å². The van der Waals surface area contributed by atoms with Gasteiger partial charge in [0, 0.05) is 29.8 Å². The number of carbonyl (C=O) groups is 1. The van der Waals surface area contributed by atoms with Gasteiger partial charge in [0.1, 0.15) is 28.7 Å². The maximum Gasteiger partial charge on any atom is 0.257 e. The molecule has 0 aliphatic heterocycles. The molecule has 0 atom stereocenters. The van der Waals surface area contributed by atoms with E-state index in [0.29, 0.717) is 22.8 Å². The Labute approximate surface area is 160 Å². The molecule has 1 heterocycles. The van der Waals surface area contributed by atoms with E-state index in [1.165, 1.54) is 20.3 Å². The molecule has 6 nitrogen and oxygen atoms in total. The van der Waals surface area contributed by atoms with Crippen LogP contribution in [-0.2, 0) is 6.54 Å². The molecule has 1 aromatic heterocycles. The molecule has 0 aliphatic rings. The first-order chi connectivity index (χ1) is 13.4. The molecule has 0 spiro atoms. The van der Waals surface area contributed by atoms with E-state index in [2.05, 4.69) is 10.5 Å². The summed E-state index contributed by atoms with van der Waals surface area (Å²) < 4.78 is 42.6. The lowest BCUT2D eigenvalue weighted by Gasteiger charge is -2.09. The molecule has 3 aromatic rings. The van der Waals surface area contributed by atoms with Crippen LogP contribution in [0.25, 0.3) is 11.3 Å². The van der Waals surface area contributed by atoms with Crippen molar-refractivity contribution in [2.75, 3.05) is 14.2 Å². The van der Waals surface area contributed by atoms with Gasteiger partial charge in [-0.05, 0) is 25.1 Å². The van der Waals surface area contributed by atoms with Crippen LogP contribution in [0.3, 0.4) is 0 Å². The molecular formula is C20H18F2N2O4. The molecule has 1 amide bonds. The summed E-state index contributed by atoms with van der Waals surface area (Å²) >= 11 is 0. The Balaban J connectivity index is 1.89. The predicted octanol–water partition coefficient (Wildman–Crippen LogP) is 3.88. The van der Waals surface area contributed by atoms with Gasteiger partial charge in [0.25, 0.3) is 5.91 Å². The zero-order chi connectivity index (χ0) is 20.3. The van der Waals surface area contributed by atoms with E-state index in [1.54, 1.807) is 25.1 Å². The quantitative estimate of drug-likeness (QED) is 0.694. The van der Waals surface area contributed by atoms with Crippen molar-refractivity contribution in [2.45, 2.75) is 13.5 Å². The number of methoxy groups -OCH3 is 2. The zero-order valence-corrected chi connectivity index (χ0v) is 15.5. The van der Waals surface area contributed by atoms with Crippen molar-refractivity contribution in [3.05, 3.63) is 64.9 Å². The van der Waals surface area contributed by atoms with Crippen molar-refractivity contribution in [1.82, 2.24) is 10.5 Å². The number of amides is 1. The summed E-state index contributed by atoms with van der Waals surface area (Å²) in [5, 5.41) is 6.47. The molecule has 2 aromatic carbocycles. The van der Waals surface area contributed by atoms with Crippen LogP contribution in [0.2, 0.25) is 0 Å². The van der Waals surface area contributed by atoms with Crippen LogP contribution in [0.5, 0.6) is 11.5 Å². The minimum atomic E-state index is -0.736. The molecule has 146 valence electrons. The van der Waals surface area contributed by atoms with Crippen LogP contribution in [0.4, 0.5) is 8.78 Å². The molecule has 0 radical (unpaired) electrons. The fraction of sp³-hybridized carbons (Fsp3) is 0.200.